The van der Waals surface area contributed by atoms with Gasteiger partial charge in [-0.05, 0) is 70.0 Å². The summed E-state index contributed by atoms with van der Waals surface area (Å²) >= 11 is 1.70. The van der Waals surface area contributed by atoms with Crippen molar-refractivity contribution in [2.45, 2.75) is 56.4 Å². The Bertz CT molecular complexity index is 898. The van der Waals surface area contributed by atoms with Gasteiger partial charge in [-0.3, -0.25) is 0 Å². The average molecular weight is 482 g/mol. The number of nitrogens with zero attached hydrogens (tertiary/aromatic N) is 1. The molecular formula is C25H30F3NO3S. The normalized spacial score (nSPS) is 17.6. The molecule has 0 bridgehead atoms. The lowest BCUT2D eigenvalue weighted by molar-refractivity contribution is -0.137. The van der Waals surface area contributed by atoms with E-state index in [0.29, 0.717) is 25.3 Å². The standard InChI is InChI=1S/C25H30F3NO3S/c1-24(2,3)32-23(30)29-15-13-18(17-29)22(14-16-33-21-7-5-4-6-8-21)31-20-11-9-19(10-12-20)25(26,27)28/h4-12,18,22H,13-17H2,1-3H3/t18-,22-/m0/s1. The number of thioether (sulfide) groups is 1. The van der Waals surface area contributed by atoms with Gasteiger partial charge in [0, 0.05) is 29.7 Å². The van der Waals surface area contributed by atoms with Crippen molar-refractivity contribution >= 4 is 17.9 Å². The number of rotatable bonds is 7. The number of amides is 1. The molecule has 1 saturated heterocycles. The average Bonchev–Trinajstić information content (AvgIpc) is 3.23. The number of carbonyl (C=O) groups excluding carboxylic acids is 1. The molecule has 180 valence electrons. The maximum Gasteiger partial charge on any atom is 0.416 e. The number of benzene rings is 2. The van der Waals surface area contributed by atoms with Crippen LogP contribution < -0.4 is 4.74 Å². The van der Waals surface area contributed by atoms with Crippen LogP contribution in [-0.4, -0.2) is 41.5 Å². The predicted molar refractivity (Wildman–Crippen MR) is 124 cm³/mol. The lowest BCUT2D eigenvalue weighted by atomic mass is 9.99. The van der Waals surface area contributed by atoms with Crippen molar-refractivity contribution in [1.29, 1.82) is 0 Å². The summed E-state index contributed by atoms with van der Waals surface area (Å²) in [5.41, 5.74) is -1.28. The number of alkyl halides is 3. The van der Waals surface area contributed by atoms with Crippen molar-refractivity contribution in [2.75, 3.05) is 18.8 Å². The lowest BCUT2D eigenvalue weighted by Crippen LogP contribution is -2.37. The van der Waals surface area contributed by atoms with Crippen molar-refractivity contribution in [3.8, 4) is 5.75 Å². The Hall–Kier alpha value is -2.35. The highest BCUT2D eigenvalue weighted by molar-refractivity contribution is 7.99. The summed E-state index contributed by atoms with van der Waals surface area (Å²) in [6.45, 7) is 6.55. The van der Waals surface area contributed by atoms with Gasteiger partial charge >= 0.3 is 12.3 Å². The number of likely N-dealkylation sites (tertiary alicyclic amines) is 1. The van der Waals surface area contributed by atoms with Crippen LogP contribution in [0, 0.1) is 5.92 Å². The van der Waals surface area contributed by atoms with Gasteiger partial charge < -0.3 is 14.4 Å². The van der Waals surface area contributed by atoms with Crippen LogP contribution in [-0.2, 0) is 10.9 Å². The molecule has 1 fully saturated rings. The Kier molecular flexibility index (Phi) is 8.21. The van der Waals surface area contributed by atoms with Gasteiger partial charge in [-0.2, -0.15) is 13.2 Å². The van der Waals surface area contributed by atoms with E-state index in [2.05, 4.69) is 0 Å². The minimum absolute atomic E-state index is 0.0659. The predicted octanol–water partition coefficient (Wildman–Crippen LogP) is 6.89. The minimum Gasteiger partial charge on any atom is -0.490 e. The van der Waals surface area contributed by atoms with Gasteiger partial charge in [0.15, 0.2) is 0 Å². The highest BCUT2D eigenvalue weighted by atomic mass is 32.2. The topological polar surface area (TPSA) is 38.8 Å². The molecule has 2 aromatic carbocycles. The van der Waals surface area contributed by atoms with E-state index < -0.39 is 17.3 Å². The third-order valence-electron chi connectivity index (χ3n) is 5.29. The molecule has 1 aliphatic heterocycles. The first-order valence-corrected chi connectivity index (χ1v) is 12.0. The lowest BCUT2D eigenvalue weighted by Gasteiger charge is -2.27. The Morgan fingerprint density at radius 3 is 2.36 bits per heavy atom. The fourth-order valence-corrected chi connectivity index (χ4v) is 4.62. The molecular weight excluding hydrogens is 451 g/mol. The van der Waals surface area contributed by atoms with Crippen molar-refractivity contribution in [3.05, 3.63) is 60.2 Å². The molecule has 0 saturated carbocycles. The molecule has 3 rings (SSSR count). The maximum atomic E-state index is 12.9. The van der Waals surface area contributed by atoms with Crippen molar-refractivity contribution in [2.24, 2.45) is 5.92 Å². The van der Waals surface area contributed by atoms with Crippen molar-refractivity contribution in [1.82, 2.24) is 4.90 Å². The molecule has 0 radical (unpaired) electrons. The van der Waals surface area contributed by atoms with E-state index in [4.69, 9.17) is 9.47 Å². The fraction of sp³-hybridized carbons (Fsp3) is 0.480. The number of carbonyl (C=O) groups is 1. The summed E-state index contributed by atoms with van der Waals surface area (Å²) in [6, 6.07) is 14.8. The molecule has 4 nitrogen and oxygen atoms in total. The van der Waals surface area contributed by atoms with E-state index in [9.17, 15) is 18.0 Å². The zero-order chi connectivity index (χ0) is 24.1. The van der Waals surface area contributed by atoms with Gasteiger partial charge in [0.1, 0.15) is 17.5 Å². The van der Waals surface area contributed by atoms with Crippen LogP contribution in [0.4, 0.5) is 18.0 Å². The quantitative estimate of drug-likeness (QED) is 0.404. The van der Waals surface area contributed by atoms with E-state index in [1.54, 1.807) is 16.7 Å². The van der Waals surface area contributed by atoms with Crippen LogP contribution in [0.5, 0.6) is 5.75 Å². The smallest absolute Gasteiger partial charge is 0.416 e. The number of hydrogen-bond acceptors (Lipinski definition) is 4. The van der Waals surface area contributed by atoms with Crippen LogP contribution in [0.2, 0.25) is 0 Å². The maximum absolute atomic E-state index is 12.9. The van der Waals surface area contributed by atoms with Crippen molar-refractivity contribution < 1.29 is 27.4 Å². The van der Waals surface area contributed by atoms with Gasteiger partial charge in [0.2, 0.25) is 0 Å². The van der Waals surface area contributed by atoms with E-state index in [0.717, 1.165) is 29.2 Å². The van der Waals surface area contributed by atoms with Crippen molar-refractivity contribution in [3.63, 3.8) is 0 Å². The third-order valence-corrected chi connectivity index (χ3v) is 6.33. The Morgan fingerprint density at radius 1 is 1.09 bits per heavy atom. The molecule has 2 atom stereocenters. The summed E-state index contributed by atoms with van der Waals surface area (Å²) in [6.07, 6.45) is -3.51. The molecule has 33 heavy (non-hydrogen) atoms. The summed E-state index contributed by atoms with van der Waals surface area (Å²) in [4.78, 5) is 15.3. The van der Waals surface area contributed by atoms with Crippen LogP contribution in [0.25, 0.3) is 0 Å². The molecule has 1 aliphatic rings. The van der Waals surface area contributed by atoms with Gasteiger partial charge in [-0.15, -0.1) is 11.8 Å². The molecule has 0 N–H and O–H groups in total. The number of ether oxygens (including phenoxy) is 2. The molecule has 0 aliphatic carbocycles. The zero-order valence-electron chi connectivity index (χ0n) is 19.1. The first kappa shape index (κ1) is 25.3. The monoisotopic (exact) mass is 481 g/mol. The van der Waals surface area contributed by atoms with E-state index in [1.807, 2.05) is 51.1 Å². The van der Waals surface area contributed by atoms with Gasteiger partial charge in [-0.1, -0.05) is 18.2 Å². The molecule has 1 amide bonds. The Labute approximate surface area is 197 Å². The van der Waals surface area contributed by atoms with E-state index >= 15 is 0 Å². The van der Waals surface area contributed by atoms with E-state index in [1.165, 1.54) is 12.1 Å². The van der Waals surface area contributed by atoms with Crippen LogP contribution in [0.15, 0.2) is 59.5 Å². The molecule has 0 spiro atoms. The van der Waals surface area contributed by atoms with Crippen LogP contribution in [0.1, 0.15) is 39.2 Å². The second-order valence-electron chi connectivity index (χ2n) is 9.10. The van der Waals surface area contributed by atoms with Gasteiger partial charge in [0.05, 0.1) is 5.56 Å². The highest BCUT2D eigenvalue weighted by Gasteiger charge is 2.35. The first-order chi connectivity index (χ1) is 15.5. The fourth-order valence-electron chi connectivity index (χ4n) is 3.68. The molecule has 0 aromatic heterocycles. The number of hydrogen-bond donors (Lipinski definition) is 0. The molecule has 1 heterocycles. The molecule has 0 unspecified atom stereocenters. The third kappa shape index (κ3) is 7.88. The zero-order valence-corrected chi connectivity index (χ0v) is 19.9. The summed E-state index contributed by atoms with van der Waals surface area (Å²) in [5, 5.41) is 0. The summed E-state index contributed by atoms with van der Waals surface area (Å²) < 4.78 is 50.4. The highest BCUT2D eigenvalue weighted by Crippen LogP contribution is 2.32. The van der Waals surface area contributed by atoms with E-state index in [-0.39, 0.29) is 18.1 Å². The molecule has 2 aromatic rings. The van der Waals surface area contributed by atoms with Gasteiger partial charge in [0.25, 0.3) is 0 Å². The largest absolute Gasteiger partial charge is 0.490 e. The number of halogens is 3. The minimum atomic E-state index is -4.39. The SMILES string of the molecule is CC(C)(C)OC(=O)N1CC[C@H]([C@H](CCSc2ccccc2)Oc2ccc(C(F)(F)F)cc2)C1. The molecule has 8 heteroatoms. The Balaban J connectivity index is 1.66. The second kappa shape index (κ2) is 10.7. The second-order valence-corrected chi connectivity index (χ2v) is 10.3. The summed E-state index contributed by atoms with van der Waals surface area (Å²) in [5.74, 6) is 1.25. The van der Waals surface area contributed by atoms with Gasteiger partial charge in [-0.25, -0.2) is 4.79 Å². The van der Waals surface area contributed by atoms with Crippen LogP contribution >= 0.6 is 11.8 Å². The summed E-state index contributed by atoms with van der Waals surface area (Å²) in [7, 11) is 0. The first-order valence-electron chi connectivity index (χ1n) is 11.0. The Morgan fingerprint density at radius 2 is 1.76 bits per heavy atom. The van der Waals surface area contributed by atoms with Crippen LogP contribution in [0.3, 0.4) is 0 Å².